The fraction of sp³-hybridized carbons (Fsp3) is 0.154. The van der Waals surface area contributed by atoms with Gasteiger partial charge in [-0.1, -0.05) is 72.8 Å². The van der Waals surface area contributed by atoms with Gasteiger partial charge in [0.15, 0.2) is 11.7 Å². The van der Waals surface area contributed by atoms with Crippen molar-refractivity contribution in [3.8, 4) is 17.1 Å². The summed E-state index contributed by atoms with van der Waals surface area (Å²) >= 11 is 0. The minimum atomic E-state index is -0.112. The highest BCUT2D eigenvalue weighted by Gasteiger charge is 2.11. The van der Waals surface area contributed by atoms with Crippen LogP contribution in [0.3, 0.4) is 0 Å². The maximum atomic E-state index is 12.5. The summed E-state index contributed by atoms with van der Waals surface area (Å²) in [5, 5.41) is 2.93. The van der Waals surface area contributed by atoms with E-state index < -0.39 is 0 Å². The second-order valence-corrected chi connectivity index (χ2v) is 7.11. The van der Waals surface area contributed by atoms with Crippen molar-refractivity contribution in [2.24, 2.45) is 0 Å². The monoisotopic (exact) mass is 412 g/mol. The minimum Gasteiger partial charge on any atom is -0.491 e. The highest BCUT2D eigenvalue weighted by Crippen LogP contribution is 2.25. The van der Waals surface area contributed by atoms with Crippen LogP contribution in [-0.4, -0.2) is 17.5 Å². The third-order valence-electron chi connectivity index (χ3n) is 4.83. The molecule has 1 heterocycles. The van der Waals surface area contributed by atoms with Gasteiger partial charge in [-0.3, -0.25) is 4.79 Å². The average molecular weight is 412 g/mol. The van der Waals surface area contributed by atoms with Crippen LogP contribution in [0.2, 0.25) is 0 Å². The highest BCUT2D eigenvalue weighted by atomic mass is 16.5. The molecule has 31 heavy (non-hydrogen) atoms. The Morgan fingerprint density at radius 3 is 2.39 bits per heavy atom. The van der Waals surface area contributed by atoms with Gasteiger partial charge in [-0.25, -0.2) is 4.98 Å². The Labute approximate surface area is 181 Å². The Hall–Kier alpha value is -3.86. The van der Waals surface area contributed by atoms with Crippen molar-refractivity contribution in [1.29, 1.82) is 0 Å². The number of ether oxygens (including phenoxy) is 1. The number of para-hydroxylation sites is 2. The molecule has 3 aromatic carbocycles. The Morgan fingerprint density at radius 1 is 0.871 bits per heavy atom. The number of hydrogen-bond donors (Lipinski definition) is 1. The largest absolute Gasteiger partial charge is 0.491 e. The first-order valence-corrected chi connectivity index (χ1v) is 10.3. The van der Waals surface area contributed by atoms with Crippen LogP contribution < -0.4 is 10.1 Å². The molecule has 0 fully saturated rings. The third kappa shape index (κ3) is 5.82. The lowest BCUT2D eigenvalue weighted by Crippen LogP contribution is -2.14. The van der Waals surface area contributed by atoms with Crippen molar-refractivity contribution in [2.75, 3.05) is 11.9 Å². The summed E-state index contributed by atoms with van der Waals surface area (Å²) in [5.74, 6) is 1.79. The van der Waals surface area contributed by atoms with Crippen LogP contribution in [0.25, 0.3) is 11.3 Å². The molecular weight excluding hydrogens is 388 g/mol. The van der Waals surface area contributed by atoms with Crippen molar-refractivity contribution in [2.45, 2.75) is 19.3 Å². The molecule has 0 aliphatic rings. The topological polar surface area (TPSA) is 64.4 Å². The van der Waals surface area contributed by atoms with E-state index in [0.29, 0.717) is 36.1 Å². The van der Waals surface area contributed by atoms with E-state index >= 15 is 0 Å². The van der Waals surface area contributed by atoms with E-state index in [1.165, 1.54) is 5.56 Å². The van der Waals surface area contributed by atoms with Crippen molar-refractivity contribution < 1.29 is 13.9 Å². The molecule has 4 aromatic rings. The van der Waals surface area contributed by atoms with Gasteiger partial charge in [0.1, 0.15) is 5.75 Å². The van der Waals surface area contributed by atoms with Crippen molar-refractivity contribution >= 4 is 11.6 Å². The molecule has 156 valence electrons. The number of anilines is 1. The van der Waals surface area contributed by atoms with Crippen molar-refractivity contribution in [3.63, 3.8) is 0 Å². The Balaban J connectivity index is 1.29. The molecule has 0 aliphatic carbocycles. The molecule has 0 unspecified atom stereocenters. The van der Waals surface area contributed by atoms with E-state index in [0.717, 1.165) is 12.0 Å². The molecule has 0 spiro atoms. The first-order valence-electron chi connectivity index (χ1n) is 10.3. The molecule has 0 radical (unpaired) electrons. The summed E-state index contributed by atoms with van der Waals surface area (Å²) in [6, 6.07) is 27.4. The second kappa shape index (κ2) is 10.3. The van der Waals surface area contributed by atoms with Crippen LogP contribution in [0.5, 0.6) is 5.75 Å². The fourth-order valence-electron chi connectivity index (χ4n) is 3.21. The summed E-state index contributed by atoms with van der Waals surface area (Å²) in [5.41, 5.74) is 2.84. The number of carbonyl (C=O) groups excluding carboxylic acids is 1. The van der Waals surface area contributed by atoms with Gasteiger partial charge >= 0.3 is 0 Å². The lowest BCUT2D eigenvalue weighted by molar-refractivity contribution is -0.116. The zero-order valence-electron chi connectivity index (χ0n) is 17.2. The molecule has 0 bridgehead atoms. The molecule has 0 aliphatic heterocycles. The highest BCUT2D eigenvalue weighted by molar-refractivity contribution is 5.92. The molecular formula is C26H24N2O3. The average Bonchev–Trinajstić information content (AvgIpc) is 3.29. The normalized spacial score (nSPS) is 10.6. The van der Waals surface area contributed by atoms with Gasteiger partial charge in [-0.15, -0.1) is 0 Å². The zero-order valence-corrected chi connectivity index (χ0v) is 17.2. The van der Waals surface area contributed by atoms with E-state index in [4.69, 9.17) is 9.15 Å². The van der Waals surface area contributed by atoms with E-state index in [1.54, 1.807) is 6.20 Å². The van der Waals surface area contributed by atoms with Crippen LogP contribution in [0, 0.1) is 0 Å². The van der Waals surface area contributed by atoms with E-state index in [1.807, 2.05) is 72.8 Å². The smallest absolute Gasteiger partial charge is 0.224 e. The summed E-state index contributed by atoms with van der Waals surface area (Å²) < 4.78 is 11.7. The molecule has 0 atom stereocenters. The maximum Gasteiger partial charge on any atom is 0.224 e. The first kappa shape index (κ1) is 20.4. The first-order chi connectivity index (χ1) is 15.3. The van der Waals surface area contributed by atoms with Gasteiger partial charge in [0.25, 0.3) is 0 Å². The van der Waals surface area contributed by atoms with Gasteiger partial charge in [-0.2, -0.15) is 0 Å². The van der Waals surface area contributed by atoms with Crippen molar-refractivity contribution in [1.82, 2.24) is 4.98 Å². The SMILES string of the molecule is O=C(CCc1ncc(-c2ccccc2)o1)Nc1ccccc1OCCc1ccccc1. The summed E-state index contributed by atoms with van der Waals surface area (Å²) in [6.07, 6.45) is 3.19. The molecule has 1 aromatic heterocycles. The van der Waals surface area contributed by atoms with Gasteiger partial charge in [-0.05, 0) is 17.7 Å². The molecule has 0 saturated heterocycles. The predicted octanol–water partition coefficient (Wildman–Crippen LogP) is 5.53. The number of carbonyl (C=O) groups is 1. The molecule has 4 rings (SSSR count). The number of aromatic nitrogens is 1. The van der Waals surface area contributed by atoms with Gasteiger partial charge in [0.2, 0.25) is 5.91 Å². The van der Waals surface area contributed by atoms with E-state index in [9.17, 15) is 4.79 Å². The summed E-state index contributed by atoms with van der Waals surface area (Å²) in [4.78, 5) is 16.8. The number of nitrogens with one attached hydrogen (secondary N) is 1. The summed E-state index contributed by atoms with van der Waals surface area (Å²) in [6.45, 7) is 0.537. The van der Waals surface area contributed by atoms with Crippen LogP contribution in [0.15, 0.2) is 95.5 Å². The predicted molar refractivity (Wildman–Crippen MR) is 121 cm³/mol. The van der Waals surface area contributed by atoms with Crippen LogP contribution >= 0.6 is 0 Å². The molecule has 1 amide bonds. The number of benzene rings is 3. The van der Waals surface area contributed by atoms with Crippen molar-refractivity contribution in [3.05, 3.63) is 103 Å². The molecule has 0 saturated carbocycles. The number of amides is 1. The maximum absolute atomic E-state index is 12.5. The summed E-state index contributed by atoms with van der Waals surface area (Å²) in [7, 11) is 0. The second-order valence-electron chi connectivity index (χ2n) is 7.11. The number of nitrogens with zero attached hydrogens (tertiary/aromatic N) is 1. The van der Waals surface area contributed by atoms with Gasteiger partial charge in [0.05, 0.1) is 18.5 Å². The van der Waals surface area contributed by atoms with E-state index in [2.05, 4.69) is 22.4 Å². The minimum absolute atomic E-state index is 0.112. The quantitative estimate of drug-likeness (QED) is 0.392. The lowest BCUT2D eigenvalue weighted by atomic mass is 10.2. The number of aryl methyl sites for hydroxylation is 1. The molecule has 5 heteroatoms. The van der Waals surface area contributed by atoms with Crippen LogP contribution in [0.1, 0.15) is 17.9 Å². The number of oxazole rings is 1. The van der Waals surface area contributed by atoms with Gasteiger partial charge < -0.3 is 14.5 Å². The molecule has 1 N–H and O–H groups in total. The standard InChI is InChI=1S/C26H24N2O3/c29-25(15-16-26-27-19-24(31-26)21-11-5-2-6-12-21)28-22-13-7-8-14-23(22)30-18-17-20-9-3-1-4-10-20/h1-14,19H,15-18H2,(H,28,29). The van der Waals surface area contributed by atoms with Crippen LogP contribution in [0.4, 0.5) is 5.69 Å². The number of rotatable bonds is 9. The Morgan fingerprint density at radius 2 is 1.58 bits per heavy atom. The number of hydrogen-bond acceptors (Lipinski definition) is 4. The van der Waals surface area contributed by atoms with Crippen LogP contribution in [-0.2, 0) is 17.6 Å². The van der Waals surface area contributed by atoms with E-state index in [-0.39, 0.29) is 12.3 Å². The fourth-order valence-corrected chi connectivity index (χ4v) is 3.21. The zero-order chi connectivity index (χ0) is 21.3. The molecule has 5 nitrogen and oxygen atoms in total. The lowest BCUT2D eigenvalue weighted by Gasteiger charge is -2.12. The third-order valence-corrected chi connectivity index (χ3v) is 4.83. The van der Waals surface area contributed by atoms with Gasteiger partial charge in [0, 0.05) is 24.8 Å². The Bertz CT molecular complexity index is 1110. The Kier molecular flexibility index (Phi) is 6.75.